The summed E-state index contributed by atoms with van der Waals surface area (Å²) in [7, 11) is 0. The third kappa shape index (κ3) is 4.55. The van der Waals surface area contributed by atoms with Crippen molar-refractivity contribution in [2.45, 2.75) is 39.3 Å². The fourth-order valence-corrected chi connectivity index (χ4v) is 3.54. The molecule has 2 aromatic rings. The molecular formula is C19H23BrN4O3. The molecule has 1 N–H and O–H groups in total. The average molecular weight is 435 g/mol. The van der Waals surface area contributed by atoms with Gasteiger partial charge in [0.1, 0.15) is 6.54 Å². The van der Waals surface area contributed by atoms with Gasteiger partial charge in [0.15, 0.2) is 0 Å². The molecule has 1 aliphatic heterocycles. The molecule has 0 radical (unpaired) electrons. The van der Waals surface area contributed by atoms with E-state index in [-0.39, 0.29) is 35.9 Å². The van der Waals surface area contributed by atoms with Gasteiger partial charge in [0.05, 0.1) is 17.2 Å². The molecule has 2 heterocycles. The Balaban J connectivity index is 1.71. The maximum Gasteiger partial charge on any atom is 0.261 e. The van der Waals surface area contributed by atoms with Crippen molar-refractivity contribution < 1.29 is 9.59 Å². The Morgan fingerprint density at radius 3 is 2.89 bits per heavy atom. The maximum atomic E-state index is 12.7. The van der Waals surface area contributed by atoms with Gasteiger partial charge in [-0.2, -0.15) is 0 Å². The van der Waals surface area contributed by atoms with Crippen LogP contribution in [0.15, 0.2) is 33.8 Å². The van der Waals surface area contributed by atoms with Crippen LogP contribution in [-0.4, -0.2) is 45.4 Å². The predicted molar refractivity (Wildman–Crippen MR) is 106 cm³/mol. The molecule has 1 fully saturated rings. The zero-order valence-electron chi connectivity index (χ0n) is 15.4. The van der Waals surface area contributed by atoms with Crippen molar-refractivity contribution in [1.82, 2.24) is 19.8 Å². The molecule has 7 nitrogen and oxygen atoms in total. The first kappa shape index (κ1) is 19.5. The van der Waals surface area contributed by atoms with Gasteiger partial charge in [0.25, 0.3) is 5.56 Å². The number of fused-ring (bicyclic) bond motifs is 1. The summed E-state index contributed by atoms with van der Waals surface area (Å²) in [6.07, 6.45) is 3.10. The second-order valence-electron chi connectivity index (χ2n) is 7.18. The number of nitrogens with zero attached hydrogens (tertiary/aromatic N) is 3. The monoisotopic (exact) mass is 434 g/mol. The molecule has 1 saturated heterocycles. The number of piperidine rings is 1. The lowest BCUT2D eigenvalue weighted by Crippen LogP contribution is -2.51. The highest BCUT2D eigenvalue weighted by molar-refractivity contribution is 9.10. The molecule has 1 aromatic carbocycles. The molecule has 0 spiro atoms. The number of halogens is 1. The number of hydrogen-bond acceptors (Lipinski definition) is 4. The van der Waals surface area contributed by atoms with Gasteiger partial charge in [0.2, 0.25) is 11.8 Å². The number of carbonyl (C=O) groups excluding carboxylic acids is 2. The molecule has 1 aliphatic rings. The summed E-state index contributed by atoms with van der Waals surface area (Å²) in [4.78, 5) is 43.2. The highest BCUT2D eigenvalue weighted by Gasteiger charge is 2.25. The fraction of sp³-hybridized carbons (Fsp3) is 0.474. The molecule has 8 heteroatoms. The van der Waals surface area contributed by atoms with Gasteiger partial charge in [-0.05, 0) is 31.0 Å². The Bertz CT molecular complexity index is 925. The van der Waals surface area contributed by atoms with E-state index in [4.69, 9.17) is 0 Å². The zero-order chi connectivity index (χ0) is 19.6. The summed E-state index contributed by atoms with van der Waals surface area (Å²) in [5.41, 5.74) is 0.359. The van der Waals surface area contributed by atoms with Crippen LogP contribution >= 0.6 is 15.9 Å². The van der Waals surface area contributed by atoms with Crippen molar-refractivity contribution >= 4 is 38.6 Å². The van der Waals surface area contributed by atoms with Gasteiger partial charge in [-0.25, -0.2) is 4.98 Å². The van der Waals surface area contributed by atoms with E-state index in [9.17, 15) is 14.4 Å². The van der Waals surface area contributed by atoms with E-state index in [1.165, 1.54) is 10.9 Å². The molecule has 0 saturated carbocycles. The number of aromatic nitrogens is 2. The van der Waals surface area contributed by atoms with Crippen LogP contribution in [0.5, 0.6) is 0 Å². The summed E-state index contributed by atoms with van der Waals surface area (Å²) in [6.45, 7) is 4.74. The van der Waals surface area contributed by atoms with Crippen LogP contribution in [0, 0.1) is 5.92 Å². The lowest BCUT2D eigenvalue weighted by molar-refractivity contribution is -0.134. The fourth-order valence-electron chi connectivity index (χ4n) is 3.18. The first-order valence-corrected chi connectivity index (χ1v) is 9.87. The van der Waals surface area contributed by atoms with Crippen LogP contribution in [0.25, 0.3) is 10.9 Å². The van der Waals surface area contributed by atoms with Crippen molar-refractivity contribution in [3.8, 4) is 0 Å². The van der Waals surface area contributed by atoms with Crippen molar-refractivity contribution in [1.29, 1.82) is 0 Å². The summed E-state index contributed by atoms with van der Waals surface area (Å²) in [5, 5.41) is 3.46. The Kier molecular flexibility index (Phi) is 5.94. The van der Waals surface area contributed by atoms with Crippen LogP contribution in [0.2, 0.25) is 0 Å². The molecule has 1 aromatic heterocycles. The minimum Gasteiger partial charge on any atom is -0.351 e. The third-order valence-electron chi connectivity index (χ3n) is 4.74. The topological polar surface area (TPSA) is 84.3 Å². The Labute approximate surface area is 165 Å². The van der Waals surface area contributed by atoms with Gasteiger partial charge in [-0.1, -0.05) is 29.8 Å². The molecular weight excluding hydrogens is 412 g/mol. The van der Waals surface area contributed by atoms with Gasteiger partial charge >= 0.3 is 0 Å². The predicted octanol–water partition coefficient (Wildman–Crippen LogP) is 1.92. The largest absolute Gasteiger partial charge is 0.351 e. The molecule has 2 amide bonds. The van der Waals surface area contributed by atoms with Crippen molar-refractivity contribution in [2.75, 3.05) is 13.1 Å². The molecule has 3 rings (SSSR count). The third-order valence-corrected chi connectivity index (χ3v) is 5.23. The number of amides is 2. The lowest BCUT2D eigenvalue weighted by atomic mass is 10.0. The van der Waals surface area contributed by atoms with Crippen LogP contribution in [0.4, 0.5) is 0 Å². The van der Waals surface area contributed by atoms with E-state index in [2.05, 4.69) is 26.2 Å². The van der Waals surface area contributed by atoms with Gasteiger partial charge in [-0.15, -0.1) is 0 Å². The highest BCUT2D eigenvalue weighted by Crippen LogP contribution is 2.15. The number of carbonyl (C=O) groups is 2. The first-order valence-electron chi connectivity index (χ1n) is 9.08. The standard InChI is InChI=1S/C19H23BrN4O3/c1-12(2)18(26)22-14-4-3-7-23(9-14)17(25)10-24-11-21-16-6-5-13(20)8-15(16)19(24)27/h5-6,8,11-12,14H,3-4,7,9-10H2,1-2H3,(H,22,26). The first-order chi connectivity index (χ1) is 12.8. The lowest BCUT2D eigenvalue weighted by Gasteiger charge is -2.33. The number of hydrogen-bond donors (Lipinski definition) is 1. The van der Waals surface area contributed by atoms with Crippen molar-refractivity contribution in [3.05, 3.63) is 39.4 Å². The minimum absolute atomic E-state index is 0.00479. The number of rotatable bonds is 4. The van der Waals surface area contributed by atoms with Crippen molar-refractivity contribution in [3.63, 3.8) is 0 Å². The van der Waals surface area contributed by atoms with Gasteiger partial charge in [-0.3, -0.25) is 19.0 Å². The summed E-state index contributed by atoms with van der Waals surface area (Å²) in [5.74, 6) is -0.232. The second kappa shape index (κ2) is 8.21. The molecule has 27 heavy (non-hydrogen) atoms. The van der Waals surface area contributed by atoms with E-state index in [0.717, 1.165) is 17.3 Å². The van der Waals surface area contributed by atoms with E-state index in [1.54, 1.807) is 17.0 Å². The minimum atomic E-state index is -0.240. The van der Waals surface area contributed by atoms with E-state index in [0.29, 0.717) is 24.0 Å². The second-order valence-corrected chi connectivity index (χ2v) is 8.10. The van der Waals surface area contributed by atoms with Crippen LogP contribution < -0.4 is 10.9 Å². The average Bonchev–Trinajstić information content (AvgIpc) is 2.64. The molecule has 144 valence electrons. The Morgan fingerprint density at radius 2 is 2.15 bits per heavy atom. The summed E-state index contributed by atoms with van der Waals surface area (Å²) >= 11 is 3.36. The quantitative estimate of drug-likeness (QED) is 0.796. The van der Waals surface area contributed by atoms with Crippen LogP contribution in [-0.2, 0) is 16.1 Å². The summed E-state index contributed by atoms with van der Waals surface area (Å²) < 4.78 is 2.13. The normalized spacial score (nSPS) is 17.3. The van der Waals surface area contributed by atoms with Crippen LogP contribution in [0.1, 0.15) is 26.7 Å². The maximum absolute atomic E-state index is 12.7. The molecule has 1 atom stereocenters. The number of benzene rings is 1. The van der Waals surface area contributed by atoms with E-state index in [1.807, 2.05) is 19.9 Å². The summed E-state index contributed by atoms with van der Waals surface area (Å²) in [6, 6.07) is 5.26. The smallest absolute Gasteiger partial charge is 0.261 e. The SMILES string of the molecule is CC(C)C(=O)NC1CCCN(C(=O)Cn2cnc3ccc(Br)cc3c2=O)C1. The zero-order valence-corrected chi connectivity index (χ0v) is 17.0. The van der Waals surface area contributed by atoms with Gasteiger partial charge < -0.3 is 10.2 Å². The Morgan fingerprint density at radius 1 is 1.37 bits per heavy atom. The highest BCUT2D eigenvalue weighted by atomic mass is 79.9. The van der Waals surface area contributed by atoms with E-state index >= 15 is 0 Å². The number of likely N-dealkylation sites (tertiary alicyclic amines) is 1. The van der Waals surface area contributed by atoms with Crippen LogP contribution in [0.3, 0.4) is 0 Å². The Hall–Kier alpha value is -2.22. The molecule has 0 bridgehead atoms. The van der Waals surface area contributed by atoms with E-state index < -0.39 is 0 Å². The number of nitrogens with one attached hydrogen (secondary N) is 1. The molecule has 1 unspecified atom stereocenters. The molecule has 0 aliphatic carbocycles. The van der Waals surface area contributed by atoms with Crippen molar-refractivity contribution in [2.24, 2.45) is 5.92 Å². The van der Waals surface area contributed by atoms with Gasteiger partial charge in [0, 0.05) is 29.5 Å².